The van der Waals surface area contributed by atoms with E-state index in [1.807, 2.05) is 12.1 Å². The Labute approximate surface area is 124 Å². The van der Waals surface area contributed by atoms with Gasteiger partial charge in [-0.1, -0.05) is 12.1 Å². The van der Waals surface area contributed by atoms with Crippen LogP contribution >= 0.6 is 15.9 Å². The molecule has 7 heteroatoms. The lowest BCUT2D eigenvalue weighted by Crippen LogP contribution is -2.35. The van der Waals surface area contributed by atoms with Crippen LogP contribution in [0.25, 0.3) is 0 Å². The number of ether oxygens (including phenoxy) is 2. The average Bonchev–Trinajstić information content (AvgIpc) is 2.48. The van der Waals surface area contributed by atoms with Gasteiger partial charge in [0.05, 0.1) is 12.2 Å². The van der Waals surface area contributed by atoms with Crippen LogP contribution in [0.1, 0.15) is 0 Å². The zero-order valence-corrected chi connectivity index (χ0v) is 12.1. The van der Waals surface area contributed by atoms with Gasteiger partial charge in [-0.15, -0.1) is 0 Å². The summed E-state index contributed by atoms with van der Waals surface area (Å²) in [6.45, 7) is 0.586. The zero-order valence-electron chi connectivity index (χ0n) is 10.5. The van der Waals surface area contributed by atoms with Crippen molar-refractivity contribution in [3.63, 3.8) is 0 Å². The quantitative estimate of drug-likeness (QED) is 0.868. The molecule has 0 atom stereocenters. The number of hydrogen-bond donors (Lipinski definition) is 2. The lowest BCUT2D eigenvalue weighted by Gasteiger charge is -2.15. The van der Waals surface area contributed by atoms with Gasteiger partial charge in [0.2, 0.25) is 11.7 Å². The van der Waals surface area contributed by atoms with E-state index in [1.165, 1.54) is 6.26 Å². The van der Waals surface area contributed by atoms with Crippen LogP contribution in [-0.2, 0) is 19.1 Å². The van der Waals surface area contributed by atoms with Crippen molar-refractivity contribution in [1.82, 2.24) is 5.32 Å². The number of hydrogen-bond acceptors (Lipinski definition) is 4. The lowest BCUT2D eigenvalue weighted by molar-refractivity contribution is -0.125. The molecular weight excluding hydrogens is 328 g/mol. The highest BCUT2D eigenvalue weighted by Gasteiger charge is 2.15. The van der Waals surface area contributed by atoms with Crippen LogP contribution in [0.3, 0.4) is 0 Å². The Morgan fingerprint density at radius 2 is 2.05 bits per heavy atom. The van der Waals surface area contributed by atoms with Crippen LogP contribution in [0.5, 0.6) is 0 Å². The summed E-state index contributed by atoms with van der Waals surface area (Å²) in [7, 11) is 0. The third-order valence-corrected chi connectivity index (χ3v) is 3.12. The highest BCUT2D eigenvalue weighted by Crippen LogP contribution is 2.20. The molecular formula is C13H13BrN2O4. The Balaban J connectivity index is 1.82. The van der Waals surface area contributed by atoms with E-state index in [4.69, 9.17) is 9.47 Å². The van der Waals surface area contributed by atoms with Gasteiger partial charge in [0.15, 0.2) is 0 Å². The number of carbonyl (C=O) groups is 2. The molecule has 2 N–H and O–H groups in total. The standard InChI is InChI=1S/C13H13BrN2O4/c14-9-3-1-2-4-10(9)16-12(17)7-15-13(18)11-8-19-5-6-20-11/h1-4,8H,5-7H2,(H,15,18)(H,16,17). The van der Waals surface area contributed by atoms with E-state index >= 15 is 0 Å². The fraction of sp³-hybridized carbons (Fsp3) is 0.231. The van der Waals surface area contributed by atoms with Gasteiger partial charge in [-0.3, -0.25) is 9.59 Å². The first-order valence-electron chi connectivity index (χ1n) is 5.94. The molecule has 6 nitrogen and oxygen atoms in total. The Bertz CT molecular complexity index is 545. The molecule has 106 valence electrons. The molecule has 1 heterocycles. The average molecular weight is 341 g/mol. The van der Waals surface area contributed by atoms with E-state index in [1.54, 1.807) is 12.1 Å². The number of para-hydroxylation sites is 1. The number of nitrogens with one attached hydrogen (secondary N) is 2. The predicted octanol–water partition coefficient (Wildman–Crippen LogP) is 1.39. The van der Waals surface area contributed by atoms with E-state index in [2.05, 4.69) is 26.6 Å². The van der Waals surface area contributed by atoms with Gasteiger partial charge < -0.3 is 20.1 Å². The third-order valence-electron chi connectivity index (χ3n) is 2.43. The first-order chi connectivity index (χ1) is 9.66. The van der Waals surface area contributed by atoms with E-state index in [-0.39, 0.29) is 18.2 Å². The van der Waals surface area contributed by atoms with Crippen molar-refractivity contribution in [3.8, 4) is 0 Å². The number of rotatable bonds is 4. The Kier molecular flexibility index (Phi) is 5.00. The summed E-state index contributed by atoms with van der Waals surface area (Å²) < 4.78 is 10.8. The van der Waals surface area contributed by atoms with Gasteiger partial charge in [-0.25, -0.2) is 0 Å². The normalized spacial score (nSPS) is 13.6. The molecule has 0 aromatic heterocycles. The van der Waals surface area contributed by atoms with Crippen LogP contribution in [0.2, 0.25) is 0 Å². The monoisotopic (exact) mass is 340 g/mol. The first-order valence-corrected chi connectivity index (χ1v) is 6.73. The fourth-order valence-corrected chi connectivity index (χ4v) is 1.88. The topological polar surface area (TPSA) is 76.7 Å². The predicted molar refractivity (Wildman–Crippen MR) is 75.8 cm³/mol. The van der Waals surface area contributed by atoms with E-state index < -0.39 is 5.91 Å². The number of benzene rings is 1. The smallest absolute Gasteiger partial charge is 0.290 e. The molecule has 0 unspecified atom stereocenters. The molecule has 1 aromatic carbocycles. The lowest BCUT2D eigenvalue weighted by atomic mass is 10.3. The molecule has 1 aliphatic heterocycles. The SMILES string of the molecule is O=C(CNC(=O)C1=COCCO1)Nc1ccccc1Br. The maximum Gasteiger partial charge on any atom is 0.290 e. The van der Waals surface area contributed by atoms with Gasteiger partial charge >= 0.3 is 0 Å². The zero-order chi connectivity index (χ0) is 14.4. The first kappa shape index (κ1) is 14.4. The van der Waals surface area contributed by atoms with Crippen LogP contribution in [0.4, 0.5) is 5.69 Å². The van der Waals surface area contributed by atoms with Crippen molar-refractivity contribution in [3.05, 3.63) is 40.8 Å². The second-order valence-corrected chi connectivity index (χ2v) is 4.77. The maximum absolute atomic E-state index is 11.7. The molecule has 0 spiro atoms. The largest absolute Gasteiger partial charge is 0.494 e. The minimum atomic E-state index is -0.480. The van der Waals surface area contributed by atoms with Crippen LogP contribution in [0, 0.1) is 0 Å². The van der Waals surface area contributed by atoms with Crippen molar-refractivity contribution >= 4 is 33.4 Å². The summed E-state index contributed by atoms with van der Waals surface area (Å²) in [5, 5.41) is 5.13. The maximum atomic E-state index is 11.7. The van der Waals surface area contributed by atoms with Crippen molar-refractivity contribution in [2.75, 3.05) is 25.1 Å². The summed E-state index contributed by atoms with van der Waals surface area (Å²) >= 11 is 3.32. The van der Waals surface area contributed by atoms with E-state index in [0.717, 1.165) is 4.47 Å². The van der Waals surface area contributed by atoms with Gasteiger partial charge in [-0.2, -0.15) is 0 Å². The molecule has 0 fully saturated rings. The van der Waals surface area contributed by atoms with Crippen molar-refractivity contribution in [1.29, 1.82) is 0 Å². The van der Waals surface area contributed by atoms with Crippen LogP contribution < -0.4 is 10.6 Å². The van der Waals surface area contributed by atoms with E-state index in [9.17, 15) is 9.59 Å². The second-order valence-electron chi connectivity index (χ2n) is 3.91. The van der Waals surface area contributed by atoms with Crippen molar-refractivity contribution in [2.45, 2.75) is 0 Å². The molecule has 0 radical (unpaired) electrons. The molecule has 0 saturated heterocycles. The van der Waals surface area contributed by atoms with Crippen molar-refractivity contribution < 1.29 is 19.1 Å². The Hall–Kier alpha value is -2.02. The Morgan fingerprint density at radius 1 is 1.25 bits per heavy atom. The highest BCUT2D eigenvalue weighted by atomic mass is 79.9. The van der Waals surface area contributed by atoms with Gasteiger partial charge in [0.25, 0.3) is 5.91 Å². The Morgan fingerprint density at radius 3 is 2.75 bits per heavy atom. The summed E-state index contributed by atoms with van der Waals surface area (Å²) in [5.41, 5.74) is 0.642. The summed E-state index contributed by atoms with van der Waals surface area (Å²) in [6.07, 6.45) is 1.24. The number of amides is 2. The molecule has 0 saturated carbocycles. The molecule has 20 heavy (non-hydrogen) atoms. The van der Waals surface area contributed by atoms with E-state index in [0.29, 0.717) is 18.9 Å². The molecule has 1 aromatic rings. The van der Waals surface area contributed by atoms with Crippen LogP contribution in [-0.4, -0.2) is 31.6 Å². The minimum Gasteiger partial charge on any atom is -0.494 e. The van der Waals surface area contributed by atoms with Crippen LogP contribution in [0.15, 0.2) is 40.8 Å². The highest BCUT2D eigenvalue weighted by molar-refractivity contribution is 9.10. The molecule has 1 aliphatic rings. The molecule has 0 bridgehead atoms. The summed E-state index contributed by atoms with van der Waals surface area (Å²) in [4.78, 5) is 23.4. The second kappa shape index (κ2) is 6.95. The molecule has 2 amide bonds. The third kappa shape index (κ3) is 3.99. The molecule has 2 rings (SSSR count). The number of anilines is 1. The molecule has 0 aliphatic carbocycles. The van der Waals surface area contributed by atoms with Gasteiger partial charge in [0.1, 0.15) is 19.5 Å². The fourth-order valence-electron chi connectivity index (χ4n) is 1.49. The van der Waals surface area contributed by atoms with Crippen molar-refractivity contribution in [2.24, 2.45) is 0 Å². The minimum absolute atomic E-state index is 0.0740. The van der Waals surface area contributed by atoms with Gasteiger partial charge in [-0.05, 0) is 28.1 Å². The summed E-state index contributed by atoms with van der Waals surface area (Å²) in [6, 6.07) is 7.21. The summed E-state index contributed by atoms with van der Waals surface area (Å²) in [5.74, 6) is -0.737. The number of carbonyl (C=O) groups excluding carboxylic acids is 2. The van der Waals surface area contributed by atoms with Gasteiger partial charge in [0, 0.05) is 4.47 Å². The number of halogens is 1.